The van der Waals surface area contributed by atoms with Crippen LogP contribution in [0.4, 0.5) is 0 Å². The summed E-state index contributed by atoms with van der Waals surface area (Å²) in [5.41, 5.74) is 9.92. The summed E-state index contributed by atoms with van der Waals surface area (Å²) in [5, 5.41) is 14.0. The lowest BCUT2D eigenvalue weighted by Crippen LogP contribution is -1.91. The largest absolute Gasteiger partial charge is 0.456 e. The molecule has 4 heteroatoms. The van der Waals surface area contributed by atoms with Crippen LogP contribution in [0.5, 0.6) is 0 Å². The number of thiophene rings is 1. The van der Waals surface area contributed by atoms with Gasteiger partial charge in [0.1, 0.15) is 33.5 Å². The summed E-state index contributed by atoms with van der Waals surface area (Å²) >= 11 is 1.84. The van der Waals surface area contributed by atoms with Gasteiger partial charge in [0.25, 0.3) is 0 Å². The third kappa shape index (κ3) is 3.70. The smallest absolute Gasteiger partial charge is 0.143 e. The second-order valence-electron chi connectivity index (χ2n) is 14.3. The fourth-order valence-electron chi connectivity index (χ4n) is 9.27. The lowest BCUT2D eigenvalue weighted by Gasteiger charge is -2.18. The number of rotatable bonds is 2. The van der Waals surface area contributed by atoms with Gasteiger partial charge in [0.2, 0.25) is 0 Å². The van der Waals surface area contributed by atoms with Crippen molar-refractivity contribution < 1.29 is 13.3 Å². The molecule has 4 aromatic heterocycles. The highest BCUT2D eigenvalue weighted by molar-refractivity contribution is 7.26. The Balaban J connectivity index is 1.12. The normalized spacial score (nSPS) is 12.4. The first-order valence-electron chi connectivity index (χ1n) is 18.2. The van der Waals surface area contributed by atoms with Crippen molar-refractivity contribution in [1.29, 1.82) is 0 Å². The summed E-state index contributed by atoms with van der Waals surface area (Å²) in [7, 11) is 0. The molecule has 0 N–H and O–H groups in total. The van der Waals surface area contributed by atoms with Crippen LogP contribution in [-0.4, -0.2) is 0 Å². The SMILES string of the molecule is c1ccc2c(c1)oc1ccc3oc4ccc(-c5c6ccccc6c(-c6cccc7c6oc6ccc8sc9ccccc9c8c67)c6ccccc56)cc4c3c12. The fourth-order valence-corrected chi connectivity index (χ4v) is 10.4. The Hall–Kier alpha value is -6.88. The minimum atomic E-state index is 0.859. The third-order valence-corrected chi connectivity index (χ3v) is 12.6. The summed E-state index contributed by atoms with van der Waals surface area (Å²) in [6.07, 6.45) is 0. The van der Waals surface area contributed by atoms with E-state index >= 15 is 0 Å². The van der Waals surface area contributed by atoms with E-state index in [9.17, 15) is 0 Å². The first-order valence-corrected chi connectivity index (χ1v) is 19.1. The molecule has 3 nitrogen and oxygen atoms in total. The molecule has 0 amide bonds. The highest BCUT2D eigenvalue weighted by Crippen LogP contribution is 2.49. The van der Waals surface area contributed by atoms with E-state index in [-0.39, 0.29) is 0 Å². The Labute approximate surface area is 310 Å². The molecule has 9 aromatic carbocycles. The van der Waals surface area contributed by atoms with Crippen LogP contribution in [0, 0.1) is 0 Å². The van der Waals surface area contributed by atoms with E-state index in [4.69, 9.17) is 13.3 Å². The molecule has 0 fully saturated rings. The molecule has 0 aliphatic heterocycles. The summed E-state index contributed by atoms with van der Waals surface area (Å²) in [4.78, 5) is 0. The Kier molecular flexibility index (Phi) is 5.51. The van der Waals surface area contributed by atoms with E-state index in [1.165, 1.54) is 58.2 Å². The third-order valence-electron chi connectivity index (χ3n) is 11.5. The summed E-state index contributed by atoms with van der Waals surface area (Å²) in [5.74, 6) is 0. The molecule has 0 bridgehead atoms. The fraction of sp³-hybridized carbons (Fsp3) is 0. The minimum absolute atomic E-state index is 0.859. The number of fused-ring (bicyclic) bond motifs is 16. The van der Waals surface area contributed by atoms with Crippen molar-refractivity contribution in [3.05, 3.63) is 158 Å². The van der Waals surface area contributed by atoms with Crippen LogP contribution in [0.1, 0.15) is 0 Å². The van der Waals surface area contributed by atoms with Crippen molar-refractivity contribution >= 4 is 119 Å². The van der Waals surface area contributed by atoms with Crippen molar-refractivity contribution in [3.8, 4) is 22.3 Å². The quantitative estimate of drug-likeness (QED) is 0.168. The highest BCUT2D eigenvalue weighted by Gasteiger charge is 2.23. The monoisotopic (exact) mass is 706 g/mol. The van der Waals surface area contributed by atoms with Gasteiger partial charge in [-0.05, 0) is 81.2 Å². The van der Waals surface area contributed by atoms with Gasteiger partial charge in [-0.2, -0.15) is 0 Å². The van der Waals surface area contributed by atoms with E-state index in [1.807, 2.05) is 35.6 Å². The molecule has 0 spiro atoms. The maximum Gasteiger partial charge on any atom is 0.143 e. The molecule has 0 radical (unpaired) electrons. The Morgan fingerprint density at radius 3 is 1.61 bits per heavy atom. The predicted octanol–water partition coefficient (Wildman–Crippen LogP) is 15.4. The van der Waals surface area contributed by atoms with E-state index < -0.39 is 0 Å². The molecule has 0 saturated heterocycles. The van der Waals surface area contributed by atoms with Gasteiger partial charge in [-0.25, -0.2) is 0 Å². The zero-order chi connectivity index (χ0) is 35.1. The van der Waals surface area contributed by atoms with Crippen molar-refractivity contribution in [3.63, 3.8) is 0 Å². The summed E-state index contributed by atoms with van der Waals surface area (Å²) in [6.45, 7) is 0. The summed E-state index contributed by atoms with van der Waals surface area (Å²) < 4.78 is 22.3. The molecule has 54 heavy (non-hydrogen) atoms. The van der Waals surface area contributed by atoms with Gasteiger partial charge in [-0.3, -0.25) is 0 Å². The second kappa shape index (κ2) is 10.4. The predicted molar refractivity (Wildman–Crippen MR) is 227 cm³/mol. The Morgan fingerprint density at radius 2 is 0.852 bits per heavy atom. The molecule has 0 aliphatic rings. The molecule has 0 unspecified atom stereocenters. The van der Waals surface area contributed by atoms with Gasteiger partial charge in [-0.1, -0.05) is 109 Å². The zero-order valence-electron chi connectivity index (χ0n) is 28.6. The Morgan fingerprint density at radius 1 is 0.315 bits per heavy atom. The van der Waals surface area contributed by atoms with Gasteiger partial charge < -0.3 is 13.3 Å². The minimum Gasteiger partial charge on any atom is -0.456 e. The van der Waals surface area contributed by atoms with E-state index in [0.717, 1.165) is 71.6 Å². The molecule has 0 aliphatic carbocycles. The molecule has 250 valence electrons. The average Bonchev–Trinajstić information content (AvgIpc) is 3.99. The molecule has 13 rings (SSSR count). The number of hydrogen-bond donors (Lipinski definition) is 0. The van der Waals surface area contributed by atoms with Crippen molar-refractivity contribution in [2.24, 2.45) is 0 Å². The van der Waals surface area contributed by atoms with Gasteiger partial charge in [0, 0.05) is 63.6 Å². The molecule has 0 saturated carbocycles. The average molecular weight is 707 g/mol. The molecular formula is C50H26O3S. The van der Waals surface area contributed by atoms with Crippen LogP contribution in [0.25, 0.3) is 130 Å². The molecule has 0 atom stereocenters. The highest BCUT2D eigenvalue weighted by atomic mass is 32.1. The van der Waals surface area contributed by atoms with Crippen LogP contribution in [0.3, 0.4) is 0 Å². The Bertz CT molecular complexity index is 3680. The van der Waals surface area contributed by atoms with Gasteiger partial charge in [0.05, 0.1) is 0 Å². The van der Waals surface area contributed by atoms with Crippen LogP contribution in [-0.2, 0) is 0 Å². The van der Waals surface area contributed by atoms with Gasteiger partial charge >= 0.3 is 0 Å². The molecule has 13 aromatic rings. The maximum absolute atomic E-state index is 6.90. The number of para-hydroxylation sites is 2. The van der Waals surface area contributed by atoms with Crippen LogP contribution < -0.4 is 0 Å². The van der Waals surface area contributed by atoms with E-state index in [2.05, 4.69) is 133 Å². The lowest BCUT2D eigenvalue weighted by molar-refractivity contribution is 0.663. The van der Waals surface area contributed by atoms with Gasteiger partial charge in [0.15, 0.2) is 0 Å². The van der Waals surface area contributed by atoms with Gasteiger partial charge in [-0.15, -0.1) is 11.3 Å². The standard InChI is InChI=1S/C50H26O3S/c1-3-12-30-28(10-1)44(27-20-21-38-36(26-27)48-40(52-38)23-22-39-46(48)32-14-5-7-18-37(32)51-39)29-11-2-4-13-31(29)45(30)34-16-9-17-35-47-41(53-50(34)35)24-25-43-49(47)33-15-6-8-19-42(33)54-43/h1-26H. The maximum atomic E-state index is 6.90. The van der Waals surface area contributed by atoms with E-state index in [1.54, 1.807) is 0 Å². The van der Waals surface area contributed by atoms with Crippen molar-refractivity contribution in [2.45, 2.75) is 0 Å². The van der Waals surface area contributed by atoms with Crippen molar-refractivity contribution in [2.75, 3.05) is 0 Å². The molecule has 4 heterocycles. The van der Waals surface area contributed by atoms with Crippen LogP contribution in [0.2, 0.25) is 0 Å². The topological polar surface area (TPSA) is 39.4 Å². The lowest BCUT2D eigenvalue weighted by atomic mass is 9.85. The summed E-state index contributed by atoms with van der Waals surface area (Å²) in [6, 6.07) is 56.3. The number of furan rings is 3. The molecular weight excluding hydrogens is 681 g/mol. The van der Waals surface area contributed by atoms with Crippen molar-refractivity contribution in [1.82, 2.24) is 0 Å². The van der Waals surface area contributed by atoms with Crippen LogP contribution >= 0.6 is 11.3 Å². The van der Waals surface area contributed by atoms with Crippen LogP contribution in [0.15, 0.2) is 171 Å². The zero-order valence-corrected chi connectivity index (χ0v) is 29.5. The van der Waals surface area contributed by atoms with E-state index in [0.29, 0.717) is 0 Å². The number of hydrogen-bond acceptors (Lipinski definition) is 4. The first kappa shape index (κ1) is 28.7. The number of benzene rings is 9. The second-order valence-corrected chi connectivity index (χ2v) is 15.3. The first-order chi connectivity index (χ1) is 26.8.